The summed E-state index contributed by atoms with van der Waals surface area (Å²) in [4.78, 5) is 12.6. The molecule has 0 unspecified atom stereocenters. The summed E-state index contributed by atoms with van der Waals surface area (Å²) in [6.45, 7) is 5.74. The number of piperidine rings is 1. The van der Waals surface area contributed by atoms with E-state index in [-0.39, 0.29) is 24.1 Å². The van der Waals surface area contributed by atoms with E-state index in [1.807, 2.05) is 19.9 Å². The third-order valence-electron chi connectivity index (χ3n) is 4.51. The lowest BCUT2D eigenvalue weighted by Gasteiger charge is -2.36. The van der Waals surface area contributed by atoms with Gasteiger partial charge in [0.1, 0.15) is 11.4 Å². The molecule has 0 aliphatic carbocycles. The molecule has 0 atom stereocenters. The summed E-state index contributed by atoms with van der Waals surface area (Å²) >= 11 is 0. The zero-order valence-corrected chi connectivity index (χ0v) is 14.8. The molecule has 0 saturated carbocycles. The molecule has 1 fully saturated rings. The number of carbonyl (C=O) groups excluding carboxylic acids is 1. The number of halogens is 2. The van der Waals surface area contributed by atoms with Gasteiger partial charge in [-0.2, -0.15) is 0 Å². The van der Waals surface area contributed by atoms with Crippen LogP contribution < -0.4 is 10.6 Å². The molecule has 6 heteroatoms. The zero-order chi connectivity index (χ0) is 16.2. The number of hydrogen-bond acceptors (Lipinski definition) is 3. The topological polar surface area (TPSA) is 50.4 Å². The summed E-state index contributed by atoms with van der Waals surface area (Å²) in [6, 6.07) is 6.69. The molecule has 1 aromatic rings. The fourth-order valence-electron chi connectivity index (χ4n) is 2.92. The van der Waals surface area contributed by atoms with E-state index >= 15 is 0 Å². The van der Waals surface area contributed by atoms with E-state index in [1.54, 1.807) is 19.2 Å². The van der Waals surface area contributed by atoms with Crippen LogP contribution in [-0.4, -0.2) is 38.3 Å². The molecule has 1 heterocycles. The van der Waals surface area contributed by atoms with Gasteiger partial charge in [-0.3, -0.25) is 4.79 Å². The molecule has 2 rings (SSSR count). The van der Waals surface area contributed by atoms with E-state index in [4.69, 9.17) is 4.74 Å². The molecular weight excluding hydrogens is 319 g/mol. The van der Waals surface area contributed by atoms with E-state index in [1.165, 1.54) is 6.07 Å². The summed E-state index contributed by atoms with van der Waals surface area (Å²) in [5.74, 6) is -0.356. The minimum Gasteiger partial charge on any atom is -0.368 e. The van der Waals surface area contributed by atoms with Gasteiger partial charge in [0.2, 0.25) is 0 Å². The Morgan fingerprint density at radius 2 is 1.96 bits per heavy atom. The number of ether oxygens (including phenoxy) is 1. The van der Waals surface area contributed by atoms with Gasteiger partial charge in [0.25, 0.3) is 5.91 Å². The van der Waals surface area contributed by atoms with Crippen molar-refractivity contribution in [3.63, 3.8) is 0 Å². The van der Waals surface area contributed by atoms with E-state index in [9.17, 15) is 9.18 Å². The van der Waals surface area contributed by atoms with Crippen molar-refractivity contribution in [3.8, 4) is 0 Å². The zero-order valence-electron chi connectivity index (χ0n) is 13.9. The van der Waals surface area contributed by atoms with E-state index in [0.717, 1.165) is 13.1 Å². The second-order valence-corrected chi connectivity index (χ2v) is 6.49. The lowest BCUT2D eigenvalue weighted by atomic mass is 9.83. The minimum absolute atomic E-state index is 0. The van der Waals surface area contributed by atoms with Gasteiger partial charge in [0.05, 0.1) is 0 Å². The van der Waals surface area contributed by atoms with Gasteiger partial charge >= 0.3 is 0 Å². The van der Waals surface area contributed by atoms with Gasteiger partial charge in [-0.1, -0.05) is 32.0 Å². The Hall–Kier alpha value is -1.17. The number of amides is 1. The molecule has 1 aromatic carbocycles. The van der Waals surface area contributed by atoms with Gasteiger partial charge in [-0.05, 0) is 37.6 Å². The Morgan fingerprint density at radius 1 is 1.35 bits per heavy atom. The first-order valence-corrected chi connectivity index (χ1v) is 7.70. The van der Waals surface area contributed by atoms with Gasteiger partial charge < -0.3 is 15.4 Å². The lowest BCUT2D eigenvalue weighted by molar-refractivity contribution is -0.146. The second-order valence-electron chi connectivity index (χ2n) is 6.49. The molecule has 1 aliphatic rings. The Morgan fingerprint density at radius 3 is 2.52 bits per heavy atom. The average Bonchev–Trinajstić information content (AvgIpc) is 2.53. The van der Waals surface area contributed by atoms with Gasteiger partial charge in [-0.25, -0.2) is 4.39 Å². The molecule has 0 radical (unpaired) electrons. The predicted octanol–water partition coefficient (Wildman–Crippen LogP) is 2.41. The molecule has 2 N–H and O–H groups in total. The molecular formula is C17H26ClFN2O2. The third-order valence-corrected chi connectivity index (χ3v) is 4.51. The highest BCUT2D eigenvalue weighted by Crippen LogP contribution is 2.26. The first kappa shape index (κ1) is 19.9. The molecule has 1 aliphatic heterocycles. The quantitative estimate of drug-likeness (QED) is 0.862. The normalized spacial score (nSPS) is 17.2. The maximum Gasteiger partial charge on any atom is 0.252 e. The van der Waals surface area contributed by atoms with Crippen molar-refractivity contribution in [3.05, 3.63) is 35.6 Å². The number of nitrogens with one attached hydrogen (secondary N) is 2. The smallest absolute Gasteiger partial charge is 0.252 e. The van der Waals surface area contributed by atoms with Crippen LogP contribution in [0.4, 0.5) is 4.39 Å². The van der Waals surface area contributed by atoms with Crippen molar-refractivity contribution < 1.29 is 13.9 Å². The molecule has 4 nitrogen and oxygen atoms in total. The molecule has 0 spiro atoms. The van der Waals surface area contributed by atoms with Crippen LogP contribution in [0.1, 0.15) is 32.3 Å². The maximum absolute atomic E-state index is 14.0. The van der Waals surface area contributed by atoms with Crippen molar-refractivity contribution in [2.45, 2.75) is 37.7 Å². The number of methoxy groups -OCH3 is 1. The highest BCUT2D eigenvalue weighted by Gasteiger charge is 2.40. The number of carbonyl (C=O) groups is 1. The average molecular weight is 345 g/mol. The number of hydrogen-bond donors (Lipinski definition) is 2. The van der Waals surface area contributed by atoms with Crippen LogP contribution in [0.5, 0.6) is 0 Å². The highest BCUT2D eigenvalue weighted by molar-refractivity contribution is 5.85. The van der Waals surface area contributed by atoms with Crippen molar-refractivity contribution in [1.29, 1.82) is 0 Å². The molecule has 130 valence electrons. The Labute approximate surface area is 143 Å². The highest BCUT2D eigenvalue weighted by atomic mass is 35.5. The molecule has 1 amide bonds. The van der Waals surface area contributed by atoms with Crippen LogP contribution in [-0.2, 0) is 14.9 Å². The van der Waals surface area contributed by atoms with Crippen LogP contribution in [0.3, 0.4) is 0 Å². The van der Waals surface area contributed by atoms with Crippen molar-refractivity contribution in [2.24, 2.45) is 0 Å². The molecule has 1 saturated heterocycles. The first-order valence-electron chi connectivity index (χ1n) is 7.70. The molecule has 0 aromatic heterocycles. The molecule has 23 heavy (non-hydrogen) atoms. The Bertz CT molecular complexity index is 531. The van der Waals surface area contributed by atoms with Crippen LogP contribution in [0, 0.1) is 5.82 Å². The predicted molar refractivity (Wildman–Crippen MR) is 91.5 cm³/mol. The number of benzene rings is 1. The van der Waals surface area contributed by atoms with Crippen molar-refractivity contribution >= 4 is 18.3 Å². The van der Waals surface area contributed by atoms with Crippen molar-refractivity contribution in [2.75, 3.05) is 26.7 Å². The minimum atomic E-state index is -0.767. The first-order chi connectivity index (χ1) is 10.4. The van der Waals surface area contributed by atoms with Crippen LogP contribution in [0.2, 0.25) is 0 Å². The van der Waals surface area contributed by atoms with E-state index in [2.05, 4.69) is 10.6 Å². The van der Waals surface area contributed by atoms with Crippen LogP contribution in [0.15, 0.2) is 24.3 Å². The fourth-order valence-corrected chi connectivity index (χ4v) is 2.92. The van der Waals surface area contributed by atoms with Gasteiger partial charge in [0, 0.05) is 19.1 Å². The Kier molecular flexibility index (Phi) is 6.99. The number of rotatable bonds is 5. The molecule has 0 bridgehead atoms. The summed E-state index contributed by atoms with van der Waals surface area (Å²) in [7, 11) is 1.58. The SMILES string of the molecule is COC1(C(=O)NCC(C)(C)c2ccccc2F)CCNCC1.Cl. The largest absolute Gasteiger partial charge is 0.368 e. The van der Waals surface area contributed by atoms with E-state index in [0.29, 0.717) is 24.9 Å². The van der Waals surface area contributed by atoms with Crippen LogP contribution >= 0.6 is 12.4 Å². The summed E-state index contributed by atoms with van der Waals surface area (Å²) in [6.07, 6.45) is 1.30. The van der Waals surface area contributed by atoms with Gasteiger partial charge in [-0.15, -0.1) is 12.4 Å². The lowest BCUT2D eigenvalue weighted by Crippen LogP contribution is -2.55. The van der Waals surface area contributed by atoms with Gasteiger partial charge in [0.15, 0.2) is 0 Å². The standard InChI is InChI=1S/C17H25FN2O2.ClH/c1-16(2,13-6-4-5-7-14(13)18)12-20-15(21)17(22-3)8-10-19-11-9-17;/h4-7,19H,8-12H2,1-3H3,(H,20,21);1H. The van der Waals surface area contributed by atoms with E-state index < -0.39 is 11.0 Å². The summed E-state index contributed by atoms with van der Waals surface area (Å²) in [5.41, 5.74) is -0.647. The van der Waals surface area contributed by atoms with Crippen LogP contribution in [0.25, 0.3) is 0 Å². The van der Waals surface area contributed by atoms with Crippen molar-refractivity contribution in [1.82, 2.24) is 10.6 Å². The Balaban J connectivity index is 0.00000264. The fraction of sp³-hybridized carbons (Fsp3) is 0.588. The monoisotopic (exact) mass is 344 g/mol. The maximum atomic E-state index is 14.0. The summed E-state index contributed by atoms with van der Waals surface area (Å²) in [5, 5.41) is 6.18. The summed E-state index contributed by atoms with van der Waals surface area (Å²) < 4.78 is 19.5. The third kappa shape index (κ3) is 4.43. The second kappa shape index (κ2) is 8.08.